The number of aliphatic hydroxyl groups is 1. The molecule has 2 aliphatic rings. The minimum absolute atomic E-state index is 0.0909. The van der Waals surface area contributed by atoms with Crippen molar-refractivity contribution in [3.63, 3.8) is 0 Å². The van der Waals surface area contributed by atoms with E-state index >= 15 is 0 Å². The van der Waals surface area contributed by atoms with Gasteiger partial charge in [-0.1, -0.05) is 0 Å². The number of nitrogens with two attached hydrogens (primary N) is 1. The Morgan fingerprint density at radius 3 is 2.50 bits per heavy atom. The van der Waals surface area contributed by atoms with E-state index in [-0.39, 0.29) is 18.2 Å². The van der Waals surface area contributed by atoms with E-state index in [1.807, 2.05) is 13.8 Å². The molecule has 70 valence electrons. The second kappa shape index (κ2) is 2.42. The molecule has 4 nitrogen and oxygen atoms in total. The normalized spacial score (nSPS) is 51.0. The zero-order valence-electron chi connectivity index (χ0n) is 7.36. The molecule has 0 radical (unpaired) electrons. The molecule has 0 aromatic heterocycles. The molecule has 2 fully saturated rings. The highest BCUT2D eigenvalue weighted by Gasteiger charge is 2.52. The largest absolute Gasteiger partial charge is 0.390 e. The molecule has 4 atom stereocenters. The third-order valence-electron chi connectivity index (χ3n) is 2.48. The molecule has 1 saturated carbocycles. The highest BCUT2D eigenvalue weighted by Crippen LogP contribution is 2.37. The summed E-state index contributed by atoms with van der Waals surface area (Å²) in [6.07, 6.45) is -0.248. The van der Waals surface area contributed by atoms with E-state index in [0.29, 0.717) is 6.42 Å². The fraction of sp³-hybridized carbons (Fsp3) is 1.00. The topological polar surface area (TPSA) is 64.7 Å². The lowest BCUT2D eigenvalue weighted by Gasteiger charge is -2.20. The lowest BCUT2D eigenvalue weighted by atomic mass is 10.2. The number of hydrogen-bond acceptors (Lipinski definition) is 4. The SMILES string of the molecule is CC1(C)O[C@@H]2C(N)CC(O)[C@@H]2O1. The number of fused-ring (bicyclic) bond motifs is 1. The highest BCUT2D eigenvalue weighted by molar-refractivity contribution is 5.00. The van der Waals surface area contributed by atoms with Crippen LogP contribution >= 0.6 is 0 Å². The molecule has 0 aromatic rings. The second-order valence-electron chi connectivity index (χ2n) is 4.03. The van der Waals surface area contributed by atoms with E-state index in [1.165, 1.54) is 0 Å². The van der Waals surface area contributed by atoms with Crippen molar-refractivity contribution >= 4 is 0 Å². The van der Waals surface area contributed by atoms with Crippen LogP contribution < -0.4 is 5.73 Å². The van der Waals surface area contributed by atoms with Crippen LogP contribution in [0.2, 0.25) is 0 Å². The Hall–Kier alpha value is -0.160. The molecule has 2 unspecified atom stereocenters. The van der Waals surface area contributed by atoms with Gasteiger partial charge >= 0.3 is 0 Å². The maximum Gasteiger partial charge on any atom is 0.163 e. The lowest BCUT2D eigenvalue weighted by molar-refractivity contribution is -0.163. The first-order chi connectivity index (χ1) is 5.49. The summed E-state index contributed by atoms with van der Waals surface area (Å²) in [4.78, 5) is 0. The maximum atomic E-state index is 9.52. The predicted molar refractivity (Wildman–Crippen MR) is 42.4 cm³/mol. The van der Waals surface area contributed by atoms with Crippen molar-refractivity contribution in [2.45, 2.75) is 50.4 Å². The molecule has 12 heavy (non-hydrogen) atoms. The number of aliphatic hydroxyl groups excluding tert-OH is 1. The molecule has 1 heterocycles. The quantitative estimate of drug-likeness (QED) is 0.523. The fourth-order valence-corrected chi connectivity index (χ4v) is 1.99. The van der Waals surface area contributed by atoms with Crippen molar-refractivity contribution in [1.29, 1.82) is 0 Å². The van der Waals surface area contributed by atoms with Crippen LogP contribution in [-0.4, -0.2) is 35.2 Å². The summed E-state index contributed by atoms with van der Waals surface area (Å²) in [5.41, 5.74) is 5.77. The van der Waals surface area contributed by atoms with Crippen molar-refractivity contribution in [2.75, 3.05) is 0 Å². The first-order valence-electron chi connectivity index (χ1n) is 4.29. The van der Waals surface area contributed by atoms with Gasteiger partial charge in [0.25, 0.3) is 0 Å². The molecule has 0 aromatic carbocycles. The van der Waals surface area contributed by atoms with Crippen LogP contribution in [-0.2, 0) is 9.47 Å². The zero-order valence-corrected chi connectivity index (χ0v) is 7.36. The van der Waals surface area contributed by atoms with E-state index in [1.54, 1.807) is 0 Å². The van der Waals surface area contributed by atoms with Gasteiger partial charge in [0.1, 0.15) is 12.2 Å². The summed E-state index contributed by atoms with van der Waals surface area (Å²) in [7, 11) is 0. The van der Waals surface area contributed by atoms with Gasteiger partial charge in [0.05, 0.1) is 6.10 Å². The predicted octanol–water partition coefficient (Wildman–Crippen LogP) is -0.402. The van der Waals surface area contributed by atoms with Crippen molar-refractivity contribution in [3.05, 3.63) is 0 Å². The van der Waals surface area contributed by atoms with Gasteiger partial charge in [0.2, 0.25) is 0 Å². The minimum atomic E-state index is -0.589. The van der Waals surface area contributed by atoms with Gasteiger partial charge in [0.15, 0.2) is 5.79 Å². The van der Waals surface area contributed by atoms with E-state index in [9.17, 15) is 5.11 Å². The van der Waals surface area contributed by atoms with Crippen LogP contribution in [0.4, 0.5) is 0 Å². The zero-order chi connectivity index (χ0) is 8.93. The Morgan fingerprint density at radius 1 is 1.33 bits per heavy atom. The first kappa shape index (κ1) is 8.44. The number of ether oxygens (including phenoxy) is 2. The second-order valence-corrected chi connectivity index (χ2v) is 4.03. The standard InChI is InChI=1S/C8H15NO3/c1-8(2)11-6-4(9)3-5(10)7(6)12-8/h4-7,10H,3,9H2,1-2H3/t4?,5?,6-,7+/m1/s1. The average molecular weight is 173 g/mol. The van der Waals surface area contributed by atoms with Gasteiger partial charge in [-0.2, -0.15) is 0 Å². The summed E-state index contributed by atoms with van der Waals surface area (Å²) >= 11 is 0. The van der Waals surface area contributed by atoms with Gasteiger partial charge in [0, 0.05) is 6.04 Å². The molecule has 3 N–H and O–H groups in total. The Bertz CT molecular complexity index is 177. The Morgan fingerprint density at radius 2 is 1.92 bits per heavy atom. The summed E-state index contributed by atoms with van der Waals surface area (Å²) in [5, 5.41) is 9.52. The maximum absolute atomic E-state index is 9.52. The summed E-state index contributed by atoms with van der Waals surface area (Å²) in [6.45, 7) is 3.68. The third-order valence-corrected chi connectivity index (χ3v) is 2.48. The molecule has 1 saturated heterocycles. The molecule has 2 rings (SSSR count). The van der Waals surface area contributed by atoms with Gasteiger partial charge < -0.3 is 20.3 Å². The van der Waals surface area contributed by atoms with Crippen molar-refractivity contribution < 1.29 is 14.6 Å². The average Bonchev–Trinajstić information content (AvgIpc) is 2.34. The third kappa shape index (κ3) is 1.15. The summed E-state index contributed by atoms with van der Waals surface area (Å²) in [6, 6.07) is -0.0909. The Kier molecular flexibility index (Phi) is 1.70. The molecule has 1 aliphatic carbocycles. The van der Waals surface area contributed by atoms with Crippen LogP contribution in [0, 0.1) is 0 Å². The van der Waals surface area contributed by atoms with Crippen molar-refractivity contribution in [1.82, 2.24) is 0 Å². The van der Waals surface area contributed by atoms with Gasteiger partial charge in [-0.15, -0.1) is 0 Å². The monoisotopic (exact) mass is 173 g/mol. The first-order valence-corrected chi connectivity index (χ1v) is 4.29. The van der Waals surface area contributed by atoms with E-state index in [4.69, 9.17) is 15.2 Å². The minimum Gasteiger partial charge on any atom is -0.390 e. The van der Waals surface area contributed by atoms with E-state index in [2.05, 4.69) is 0 Å². The van der Waals surface area contributed by atoms with Crippen LogP contribution in [0.25, 0.3) is 0 Å². The van der Waals surface area contributed by atoms with Crippen LogP contribution in [0.3, 0.4) is 0 Å². The van der Waals surface area contributed by atoms with Crippen LogP contribution in [0.5, 0.6) is 0 Å². The fourth-order valence-electron chi connectivity index (χ4n) is 1.99. The molecular weight excluding hydrogens is 158 g/mol. The van der Waals surface area contributed by atoms with E-state index in [0.717, 1.165) is 0 Å². The van der Waals surface area contributed by atoms with Crippen molar-refractivity contribution in [3.8, 4) is 0 Å². The molecule has 0 spiro atoms. The van der Waals surface area contributed by atoms with E-state index < -0.39 is 11.9 Å². The number of rotatable bonds is 0. The molecule has 4 heteroatoms. The molecule has 1 aliphatic heterocycles. The van der Waals surface area contributed by atoms with Gasteiger partial charge in [-0.25, -0.2) is 0 Å². The smallest absolute Gasteiger partial charge is 0.163 e. The summed E-state index contributed by atoms with van der Waals surface area (Å²) in [5.74, 6) is -0.589. The summed E-state index contributed by atoms with van der Waals surface area (Å²) < 4.78 is 11.1. The molecule has 0 amide bonds. The highest BCUT2D eigenvalue weighted by atomic mass is 16.8. The van der Waals surface area contributed by atoms with Crippen LogP contribution in [0.1, 0.15) is 20.3 Å². The van der Waals surface area contributed by atoms with Gasteiger partial charge in [-0.3, -0.25) is 0 Å². The Balaban J connectivity index is 2.15. The molecule has 0 bridgehead atoms. The van der Waals surface area contributed by atoms with Crippen LogP contribution in [0.15, 0.2) is 0 Å². The number of hydrogen-bond donors (Lipinski definition) is 2. The Labute approximate surface area is 71.6 Å². The van der Waals surface area contributed by atoms with Gasteiger partial charge in [-0.05, 0) is 20.3 Å². The molecular formula is C8H15NO3. The van der Waals surface area contributed by atoms with Crippen molar-refractivity contribution in [2.24, 2.45) is 5.73 Å². The lowest BCUT2D eigenvalue weighted by Crippen LogP contribution is -2.35.